The van der Waals surface area contributed by atoms with E-state index in [9.17, 15) is 14.7 Å². The monoisotopic (exact) mass is 1090 g/mol. The average molecular weight is 1090 g/mol. The van der Waals surface area contributed by atoms with Gasteiger partial charge in [-0.1, -0.05) is 90.4 Å². The number of carbonyl (C=O) groups excluding carboxylic acids is 1. The molecule has 336 valence electrons. The SMILES string of the molecule is CCOC(=O)c1cccc(-n2c(C)ccc2-c2cc(Br)ccc2OCc2cc(Cl)cc(Cl)c2)c1.Cc1ccc(-c2cc(Br)ccc2OCc2cc(Cl)cc(Cl)c2)n1-c1cccc(C(=O)O)c1. The van der Waals surface area contributed by atoms with Crippen molar-refractivity contribution >= 4 is 90.2 Å². The van der Waals surface area contributed by atoms with Gasteiger partial charge in [-0.3, -0.25) is 0 Å². The number of carboxylic acid groups (broad SMARTS) is 1. The Kier molecular flexibility index (Phi) is 16.1. The molecule has 66 heavy (non-hydrogen) atoms. The molecular formula is C52H40Br2Cl4N2O6. The summed E-state index contributed by atoms with van der Waals surface area (Å²) in [5.74, 6) is 0.0745. The summed E-state index contributed by atoms with van der Waals surface area (Å²) in [5, 5.41) is 11.6. The van der Waals surface area contributed by atoms with E-state index >= 15 is 0 Å². The number of ether oxygens (including phenoxy) is 3. The van der Waals surface area contributed by atoms with Crippen LogP contribution in [0.1, 0.15) is 50.2 Å². The third-order valence-electron chi connectivity index (χ3n) is 10.2. The smallest absolute Gasteiger partial charge is 0.338 e. The Bertz CT molecular complexity index is 3040. The van der Waals surface area contributed by atoms with E-state index in [4.69, 9.17) is 60.6 Å². The van der Waals surface area contributed by atoms with Crippen LogP contribution in [0.25, 0.3) is 33.9 Å². The molecule has 14 heteroatoms. The van der Waals surface area contributed by atoms with Crippen molar-refractivity contribution in [2.24, 2.45) is 0 Å². The lowest BCUT2D eigenvalue weighted by Gasteiger charge is -2.17. The van der Waals surface area contributed by atoms with Crippen molar-refractivity contribution in [2.45, 2.75) is 34.0 Å². The molecule has 0 amide bonds. The number of carbonyl (C=O) groups is 2. The van der Waals surface area contributed by atoms with Crippen molar-refractivity contribution in [2.75, 3.05) is 6.61 Å². The molecule has 0 aliphatic heterocycles. The zero-order valence-corrected chi connectivity index (χ0v) is 41.8. The van der Waals surface area contributed by atoms with E-state index in [-0.39, 0.29) is 11.5 Å². The van der Waals surface area contributed by atoms with Crippen LogP contribution in [0.2, 0.25) is 20.1 Å². The highest BCUT2D eigenvalue weighted by Crippen LogP contribution is 2.38. The Morgan fingerprint density at radius 3 is 1.39 bits per heavy atom. The van der Waals surface area contributed by atoms with Gasteiger partial charge in [0.2, 0.25) is 0 Å². The lowest BCUT2D eigenvalue weighted by molar-refractivity contribution is 0.0525. The van der Waals surface area contributed by atoms with E-state index in [0.717, 1.165) is 65.3 Å². The first kappa shape index (κ1) is 48.5. The Morgan fingerprint density at radius 2 is 0.970 bits per heavy atom. The van der Waals surface area contributed by atoms with Crippen LogP contribution in [0.15, 0.2) is 155 Å². The third kappa shape index (κ3) is 11.9. The minimum Gasteiger partial charge on any atom is -0.488 e. The Labute approximate surface area is 419 Å². The lowest BCUT2D eigenvalue weighted by atomic mass is 10.1. The summed E-state index contributed by atoms with van der Waals surface area (Å²) in [6.45, 7) is 6.72. The number of hydrogen-bond acceptors (Lipinski definition) is 5. The fourth-order valence-electron chi connectivity index (χ4n) is 7.31. The Hall–Kier alpha value is -5.46. The molecule has 8 nitrogen and oxygen atoms in total. The minimum atomic E-state index is -0.968. The van der Waals surface area contributed by atoms with Gasteiger partial charge in [0.05, 0.1) is 29.1 Å². The first-order valence-electron chi connectivity index (χ1n) is 20.4. The molecule has 2 heterocycles. The van der Waals surface area contributed by atoms with E-state index < -0.39 is 5.97 Å². The summed E-state index contributed by atoms with van der Waals surface area (Å²) in [6.07, 6.45) is 0. The maximum atomic E-state index is 12.3. The van der Waals surface area contributed by atoms with E-state index in [2.05, 4.69) is 36.4 Å². The van der Waals surface area contributed by atoms with Gasteiger partial charge in [-0.15, -0.1) is 0 Å². The summed E-state index contributed by atoms with van der Waals surface area (Å²) < 4.78 is 23.5. The molecule has 0 aliphatic rings. The molecule has 0 aliphatic carbocycles. The molecule has 6 aromatic carbocycles. The number of hydrogen-bond donors (Lipinski definition) is 1. The number of rotatable bonds is 13. The van der Waals surface area contributed by atoms with Gasteiger partial charge in [-0.05, 0) is 165 Å². The highest BCUT2D eigenvalue weighted by molar-refractivity contribution is 9.10. The van der Waals surface area contributed by atoms with Crippen molar-refractivity contribution in [3.05, 3.63) is 208 Å². The number of esters is 1. The third-order valence-corrected chi connectivity index (χ3v) is 12.0. The fourth-order valence-corrected chi connectivity index (χ4v) is 9.18. The van der Waals surface area contributed by atoms with E-state index in [1.165, 1.54) is 0 Å². The molecule has 0 spiro atoms. The first-order valence-corrected chi connectivity index (χ1v) is 23.5. The highest BCUT2D eigenvalue weighted by Gasteiger charge is 2.19. The normalized spacial score (nSPS) is 10.9. The minimum absolute atomic E-state index is 0.227. The van der Waals surface area contributed by atoms with Crippen LogP contribution < -0.4 is 9.47 Å². The molecule has 0 saturated carbocycles. The van der Waals surface area contributed by atoms with Crippen LogP contribution in [-0.2, 0) is 18.0 Å². The first-order chi connectivity index (χ1) is 31.7. The number of aryl methyl sites for hydroxylation is 2. The van der Waals surface area contributed by atoms with E-state index in [0.29, 0.717) is 57.0 Å². The number of benzene rings is 6. The maximum absolute atomic E-state index is 12.3. The molecule has 0 unspecified atom stereocenters. The van der Waals surface area contributed by atoms with Crippen molar-refractivity contribution in [1.29, 1.82) is 0 Å². The molecule has 8 aromatic rings. The molecule has 1 N–H and O–H groups in total. The van der Waals surface area contributed by atoms with Crippen LogP contribution >= 0.6 is 78.3 Å². The summed E-state index contributed by atoms with van der Waals surface area (Å²) in [7, 11) is 0. The summed E-state index contributed by atoms with van der Waals surface area (Å²) >= 11 is 31.6. The van der Waals surface area contributed by atoms with Gasteiger partial charge in [0.15, 0.2) is 0 Å². The number of aromatic carboxylic acids is 1. The standard InChI is InChI=1S/C27H22BrCl2NO3.C25H18BrCl2NO3/c1-3-33-27(32)19-5-4-6-23(13-19)31-17(2)7-9-25(31)24-14-20(28)8-10-26(24)34-16-18-11-21(29)15-22(30)12-18;1-15-5-7-23(29(15)21-4-2-3-17(11-21)25(30)31)22-12-18(26)6-8-24(22)32-14-16-9-19(27)13-20(28)10-16/h4-15H,3,16H2,1-2H3;2-13H,14H2,1H3,(H,30,31). The van der Waals surface area contributed by atoms with Crippen LogP contribution in [0.5, 0.6) is 11.5 Å². The van der Waals surface area contributed by atoms with Gasteiger partial charge in [0.1, 0.15) is 24.7 Å². The Morgan fingerprint density at radius 1 is 0.545 bits per heavy atom. The van der Waals surface area contributed by atoms with Crippen LogP contribution in [0.4, 0.5) is 0 Å². The van der Waals surface area contributed by atoms with Gasteiger partial charge in [-0.25, -0.2) is 9.59 Å². The second-order valence-electron chi connectivity index (χ2n) is 14.9. The molecule has 0 radical (unpaired) electrons. The molecule has 0 atom stereocenters. The number of carboxylic acids is 1. The highest BCUT2D eigenvalue weighted by atomic mass is 79.9. The average Bonchev–Trinajstić information content (AvgIpc) is 3.87. The molecule has 8 rings (SSSR count). The second-order valence-corrected chi connectivity index (χ2v) is 18.5. The molecule has 0 bridgehead atoms. The lowest BCUT2D eigenvalue weighted by Crippen LogP contribution is -2.07. The number of aromatic nitrogens is 2. The maximum Gasteiger partial charge on any atom is 0.338 e. The van der Waals surface area contributed by atoms with Crippen molar-refractivity contribution in [3.8, 4) is 45.4 Å². The number of nitrogens with zero attached hydrogens (tertiary/aromatic N) is 2. The molecule has 0 saturated heterocycles. The van der Waals surface area contributed by atoms with Crippen LogP contribution in [0.3, 0.4) is 0 Å². The van der Waals surface area contributed by atoms with Crippen molar-refractivity contribution in [1.82, 2.24) is 9.13 Å². The van der Waals surface area contributed by atoms with Gasteiger partial charge in [-0.2, -0.15) is 0 Å². The largest absolute Gasteiger partial charge is 0.488 e. The van der Waals surface area contributed by atoms with Crippen molar-refractivity contribution < 1.29 is 28.9 Å². The zero-order chi connectivity index (χ0) is 47.1. The van der Waals surface area contributed by atoms with Gasteiger partial charge in [0, 0.05) is 62.9 Å². The number of halogens is 6. The molecule has 0 fully saturated rings. The van der Waals surface area contributed by atoms with Crippen LogP contribution in [0, 0.1) is 13.8 Å². The quantitative estimate of drug-likeness (QED) is 0.116. The predicted molar refractivity (Wildman–Crippen MR) is 272 cm³/mol. The molecular weight excluding hydrogens is 1050 g/mol. The predicted octanol–water partition coefficient (Wildman–Crippen LogP) is 16.1. The summed E-state index contributed by atoms with van der Waals surface area (Å²) in [5.41, 5.74) is 9.64. The second kappa shape index (κ2) is 21.9. The Balaban J connectivity index is 0.000000197. The molecule has 2 aromatic heterocycles. The van der Waals surface area contributed by atoms with E-state index in [1.54, 1.807) is 43.3 Å². The van der Waals surface area contributed by atoms with Gasteiger partial charge >= 0.3 is 11.9 Å². The summed E-state index contributed by atoms with van der Waals surface area (Å²) in [6, 6.07) is 44.7. The fraction of sp³-hybridized carbons (Fsp3) is 0.115. The van der Waals surface area contributed by atoms with Crippen LogP contribution in [-0.4, -0.2) is 32.8 Å². The summed E-state index contributed by atoms with van der Waals surface area (Å²) in [4.78, 5) is 23.8. The zero-order valence-electron chi connectivity index (χ0n) is 35.6. The van der Waals surface area contributed by atoms with E-state index in [1.807, 2.05) is 128 Å². The topological polar surface area (TPSA) is 91.9 Å². The van der Waals surface area contributed by atoms with Gasteiger partial charge < -0.3 is 28.5 Å². The van der Waals surface area contributed by atoms with Gasteiger partial charge in [0.25, 0.3) is 0 Å². The van der Waals surface area contributed by atoms with Crippen molar-refractivity contribution in [3.63, 3.8) is 0 Å².